The summed E-state index contributed by atoms with van der Waals surface area (Å²) in [5, 5.41) is 11.7. The molecule has 2 heterocycles. The molecule has 0 aromatic carbocycles. The molecule has 2 N–H and O–H groups in total. The fourth-order valence-electron chi connectivity index (χ4n) is 2.52. The van der Waals surface area contributed by atoms with E-state index in [2.05, 4.69) is 10.3 Å². The zero-order chi connectivity index (χ0) is 16.2. The van der Waals surface area contributed by atoms with Gasteiger partial charge in [-0.1, -0.05) is 6.07 Å². The minimum atomic E-state index is -0.841. The van der Waals surface area contributed by atoms with Crippen molar-refractivity contribution in [2.75, 3.05) is 19.7 Å². The van der Waals surface area contributed by atoms with Crippen LogP contribution in [0.15, 0.2) is 18.3 Å². The standard InChI is InChI=1S/C16H21N3O4/c20-15(21)13-5-6-19(9-13)16(22)18-8-12-3-4-14(17-7-12)23-10-11-1-2-11/h3-4,7,11,13H,1-2,5-6,8-10H2,(H,18,22)(H,20,21). The first-order valence-corrected chi connectivity index (χ1v) is 7.95. The maximum atomic E-state index is 12.0. The highest BCUT2D eigenvalue weighted by atomic mass is 16.5. The predicted octanol–water partition coefficient (Wildman–Crippen LogP) is 1.49. The summed E-state index contributed by atoms with van der Waals surface area (Å²) in [5.74, 6) is -0.00160. The van der Waals surface area contributed by atoms with E-state index in [9.17, 15) is 9.59 Å². The Morgan fingerprint density at radius 1 is 1.35 bits per heavy atom. The van der Waals surface area contributed by atoms with E-state index in [-0.39, 0.29) is 12.6 Å². The number of hydrogen-bond donors (Lipinski definition) is 2. The first-order chi connectivity index (χ1) is 11.1. The number of nitrogens with zero attached hydrogens (tertiary/aromatic N) is 2. The SMILES string of the molecule is O=C(O)C1CCN(C(=O)NCc2ccc(OCC3CC3)nc2)C1. The quantitative estimate of drug-likeness (QED) is 0.829. The van der Waals surface area contributed by atoms with E-state index in [1.807, 2.05) is 6.07 Å². The molecule has 2 amide bonds. The van der Waals surface area contributed by atoms with Gasteiger partial charge in [0, 0.05) is 31.9 Å². The molecule has 1 atom stereocenters. The number of pyridine rings is 1. The average Bonchev–Trinajstić information content (AvgIpc) is 3.24. The Morgan fingerprint density at radius 2 is 2.17 bits per heavy atom. The molecule has 1 aliphatic carbocycles. The molecule has 1 aromatic rings. The van der Waals surface area contributed by atoms with E-state index in [1.165, 1.54) is 12.8 Å². The number of carboxylic acid groups (broad SMARTS) is 1. The van der Waals surface area contributed by atoms with Gasteiger partial charge in [0.05, 0.1) is 12.5 Å². The topological polar surface area (TPSA) is 91.8 Å². The third-order valence-electron chi connectivity index (χ3n) is 4.23. The lowest BCUT2D eigenvalue weighted by Gasteiger charge is -2.16. The molecule has 23 heavy (non-hydrogen) atoms. The van der Waals surface area contributed by atoms with Gasteiger partial charge in [-0.15, -0.1) is 0 Å². The van der Waals surface area contributed by atoms with Gasteiger partial charge in [-0.2, -0.15) is 0 Å². The number of hydrogen-bond acceptors (Lipinski definition) is 4. The molecule has 1 aromatic heterocycles. The lowest BCUT2D eigenvalue weighted by Crippen LogP contribution is -2.38. The number of aromatic nitrogens is 1. The Balaban J connectivity index is 1.42. The normalized spacial score (nSPS) is 20.3. The predicted molar refractivity (Wildman–Crippen MR) is 82.0 cm³/mol. The Morgan fingerprint density at radius 3 is 2.78 bits per heavy atom. The van der Waals surface area contributed by atoms with Crippen molar-refractivity contribution in [3.8, 4) is 5.88 Å². The van der Waals surface area contributed by atoms with Crippen molar-refractivity contribution in [3.63, 3.8) is 0 Å². The minimum Gasteiger partial charge on any atom is -0.481 e. The van der Waals surface area contributed by atoms with Crippen LogP contribution in [0.1, 0.15) is 24.8 Å². The maximum Gasteiger partial charge on any atom is 0.317 e. The van der Waals surface area contributed by atoms with Gasteiger partial charge < -0.3 is 20.1 Å². The summed E-state index contributed by atoms with van der Waals surface area (Å²) >= 11 is 0. The Labute approximate surface area is 134 Å². The van der Waals surface area contributed by atoms with Gasteiger partial charge in [0.1, 0.15) is 0 Å². The van der Waals surface area contributed by atoms with E-state index in [1.54, 1.807) is 17.2 Å². The molecule has 1 aliphatic heterocycles. The van der Waals surface area contributed by atoms with Crippen molar-refractivity contribution >= 4 is 12.0 Å². The zero-order valence-corrected chi connectivity index (χ0v) is 12.9. The summed E-state index contributed by atoms with van der Waals surface area (Å²) in [7, 11) is 0. The Bertz CT molecular complexity index is 571. The molecular weight excluding hydrogens is 298 g/mol. The van der Waals surface area contributed by atoms with Gasteiger partial charge in [0.15, 0.2) is 0 Å². The van der Waals surface area contributed by atoms with Gasteiger partial charge in [0.2, 0.25) is 5.88 Å². The largest absolute Gasteiger partial charge is 0.481 e. The van der Waals surface area contributed by atoms with Crippen LogP contribution in [0, 0.1) is 11.8 Å². The lowest BCUT2D eigenvalue weighted by atomic mass is 10.1. The molecule has 1 unspecified atom stereocenters. The fraction of sp³-hybridized carbons (Fsp3) is 0.562. The molecule has 0 bridgehead atoms. The molecule has 2 fully saturated rings. The second-order valence-corrected chi connectivity index (χ2v) is 6.19. The second-order valence-electron chi connectivity index (χ2n) is 6.19. The van der Waals surface area contributed by atoms with Crippen LogP contribution in [0.25, 0.3) is 0 Å². The van der Waals surface area contributed by atoms with Gasteiger partial charge in [-0.3, -0.25) is 4.79 Å². The Kier molecular flexibility index (Phi) is 4.64. The third-order valence-corrected chi connectivity index (χ3v) is 4.23. The molecule has 7 heteroatoms. The number of nitrogens with one attached hydrogen (secondary N) is 1. The van der Waals surface area contributed by atoms with E-state index < -0.39 is 11.9 Å². The number of carboxylic acids is 1. The summed E-state index contributed by atoms with van der Waals surface area (Å²) in [6.45, 7) is 1.84. The minimum absolute atomic E-state index is 0.234. The molecule has 7 nitrogen and oxygen atoms in total. The number of rotatable bonds is 6. The van der Waals surface area contributed by atoms with E-state index >= 15 is 0 Å². The third kappa shape index (κ3) is 4.34. The summed E-state index contributed by atoms with van der Waals surface area (Å²) in [5.41, 5.74) is 0.881. The van der Waals surface area contributed by atoms with Crippen LogP contribution in [0.2, 0.25) is 0 Å². The highest BCUT2D eigenvalue weighted by molar-refractivity contribution is 5.77. The number of carbonyl (C=O) groups excluding carboxylic acids is 1. The van der Waals surface area contributed by atoms with Crippen molar-refractivity contribution in [2.45, 2.75) is 25.8 Å². The highest BCUT2D eigenvalue weighted by Gasteiger charge is 2.30. The summed E-state index contributed by atoms with van der Waals surface area (Å²) in [6.07, 6.45) is 4.68. The van der Waals surface area contributed by atoms with Gasteiger partial charge >= 0.3 is 12.0 Å². The number of amides is 2. The molecule has 1 saturated heterocycles. The van der Waals surface area contributed by atoms with Crippen LogP contribution in [0.3, 0.4) is 0 Å². The van der Waals surface area contributed by atoms with E-state index in [0.29, 0.717) is 31.3 Å². The zero-order valence-electron chi connectivity index (χ0n) is 12.9. The van der Waals surface area contributed by atoms with Gasteiger partial charge in [0.25, 0.3) is 0 Å². The maximum absolute atomic E-state index is 12.0. The van der Waals surface area contributed by atoms with Crippen molar-refractivity contribution in [3.05, 3.63) is 23.9 Å². The summed E-state index contributed by atoms with van der Waals surface area (Å²) in [6, 6.07) is 3.45. The fourth-order valence-corrected chi connectivity index (χ4v) is 2.52. The van der Waals surface area contributed by atoms with Crippen LogP contribution in [0.5, 0.6) is 5.88 Å². The van der Waals surface area contributed by atoms with Crippen LogP contribution in [0.4, 0.5) is 4.79 Å². The molecule has 124 valence electrons. The van der Waals surface area contributed by atoms with Gasteiger partial charge in [-0.25, -0.2) is 9.78 Å². The molecule has 1 saturated carbocycles. The van der Waals surface area contributed by atoms with Gasteiger partial charge in [-0.05, 0) is 30.7 Å². The highest BCUT2D eigenvalue weighted by Crippen LogP contribution is 2.29. The monoisotopic (exact) mass is 319 g/mol. The number of aliphatic carboxylic acids is 1. The molecule has 3 rings (SSSR count). The van der Waals surface area contributed by atoms with Crippen LogP contribution < -0.4 is 10.1 Å². The van der Waals surface area contributed by atoms with Crippen LogP contribution in [-0.2, 0) is 11.3 Å². The van der Waals surface area contributed by atoms with Crippen molar-refractivity contribution in [2.24, 2.45) is 11.8 Å². The van der Waals surface area contributed by atoms with Crippen LogP contribution in [-0.4, -0.2) is 46.7 Å². The number of urea groups is 1. The average molecular weight is 319 g/mol. The van der Waals surface area contributed by atoms with Crippen LogP contribution >= 0.6 is 0 Å². The van der Waals surface area contributed by atoms with Crippen molar-refractivity contribution < 1.29 is 19.4 Å². The van der Waals surface area contributed by atoms with Crippen molar-refractivity contribution in [1.82, 2.24) is 15.2 Å². The molecule has 0 radical (unpaired) electrons. The van der Waals surface area contributed by atoms with E-state index in [0.717, 1.165) is 12.2 Å². The first-order valence-electron chi connectivity index (χ1n) is 7.95. The number of likely N-dealkylation sites (tertiary alicyclic amines) is 1. The smallest absolute Gasteiger partial charge is 0.317 e. The summed E-state index contributed by atoms with van der Waals surface area (Å²) < 4.78 is 5.56. The second kappa shape index (κ2) is 6.85. The molecule has 2 aliphatic rings. The first kappa shape index (κ1) is 15.6. The molecule has 0 spiro atoms. The number of ether oxygens (including phenoxy) is 1. The van der Waals surface area contributed by atoms with E-state index in [4.69, 9.17) is 9.84 Å². The Hall–Kier alpha value is -2.31. The summed E-state index contributed by atoms with van der Waals surface area (Å²) in [4.78, 5) is 28.7. The molecular formula is C16H21N3O4. The lowest BCUT2D eigenvalue weighted by molar-refractivity contribution is -0.141. The number of carbonyl (C=O) groups is 2. The van der Waals surface area contributed by atoms with Crippen molar-refractivity contribution in [1.29, 1.82) is 0 Å².